The number of carbonyl (C=O) groups excluding carboxylic acids is 5. The molecule has 1 aromatic heterocycles. The van der Waals surface area contributed by atoms with Crippen LogP contribution < -0.4 is 22.1 Å². The number of primary amides is 2. The number of aromatic amines is 1. The van der Waals surface area contributed by atoms with Gasteiger partial charge in [-0.3, -0.25) is 19.2 Å². The summed E-state index contributed by atoms with van der Waals surface area (Å²) in [7, 11) is 0. The van der Waals surface area contributed by atoms with Gasteiger partial charge in [0.25, 0.3) is 0 Å². The van der Waals surface area contributed by atoms with Crippen LogP contribution in [0.15, 0.2) is 12.5 Å². The maximum Gasteiger partial charge on any atom is 0.408 e. The molecular weight excluding hydrogens is 446 g/mol. The van der Waals surface area contributed by atoms with Gasteiger partial charge < -0.3 is 36.7 Å². The smallest absolute Gasteiger partial charge is 0.408 e. The van der Waals surface area contributed by atoms with Crippen molar-refractivity contribution in [2.75, 3.05) is 6.54 Å². The van der Waals surface area contributed by atoms with E-state index >= 15 is 0 Å². The summed E-state index contributed by atoms with van der Waals surface area (Å²) in [5.74, 6) is -2.48. The highest BCUT2D eigenvalue weighted by molar-refractivity contribution is 5.94. The lowest BCUT2D eigenvalue weighted by atomic mass is 10.1. The molecule has 2 heterocycles. The molecule has 0 radical (unpaired) electrons. The summed E-state index contributed by atoms with van der Waals surface area (Å²) >= 11 is 0. The van der Waals surface area contributed by atoms with Crippen LogP contribution in [0.25, 0.3) is 0 Å². The summed E-state index contributed by atoms with van der Waals surface area (Å²) in [6.45, 7) is 5.31. The minimum absolute atomic E-state index is 0.0571. The molecule has 1 fully saturated rings. The Labute approximate surface area is 197 Å². The third-order valence-corrected chi connectivity index (χ3v) is 5.14. The van der Waals surface area contributed by atoms with E-state index in [9.17, 15) is 24.0 Å². The number of aromatic nitrogens is 2. The number of hydrogen-bond donors (Lipinski definition) is 5. The number of H-pyrrole nitrogens is 1. The van der Waals surface area contributed by atoms with Gasteiger partial charge in [-0.15, -0.1) is 0 Å². The second kappa shape index (κ2) is 11.5. The van der Waals surface area contributed by atoms with E-state index in [1.807, 2.05) is 0 Å². The van der Waals surface area contributed by atoms with E-state index in [0.717, 1.165) is 0 Å². The molecule has 1 aliphatic rings. The minimum Gasteiger partial charge on any atom is -0.444 e. The van der Waals surface area contributed by atoms with Gasteiger partial charge in [0.15, 0.2) is 0 Å². The van der Waals surface area contributed by atoms with Crippen LogP contribution >= 0.6 is 0 Å². The molecule has 3 atom stereocenters. The summed E-state index contributed by atoms with van der Waals surface area (Å²) in [5, 5.41) is 5.06. The third-order valence-electron chi connectivity index (χ3n) is 5.14. The van der Waals surface area contributed by atoms with Gasteiger partial charge in [-0.25, -0.2) is 9.78 Å². The van der Waals surface area contributed by atoms with E-state index in [1.165, 1.54) is 17.4 Å². The van der Waals surface area contributed by atoms with E-state index in [4.69, 9.17) is 16.2 Å². The van der Waals surface area contributed by atoms with E-state index in [0.29, 0.717) is 25.1 Å². The topological polar surface area (TPSA) is 203 Å². The van der Waals surface area contributed by atoms with E-state index in [1.54, 1.807) is 20.8 Å². The highest BCUT2D eigenvalue weighted by Gasteiger charge is 2.38. The van der Waals surface area contributed by atoms with Crippen LogP contribution in [-0.4, -0.2) is 74.9 Å². The number of alkyl carbamates (subject to hydrolysis) is 1. The largest absolute Gasteiger partial charge is 0.444 e. The molecule has 0 saturated carbocycles. The molecule has 0 aliphatic carbocycles. The zero-order chi connectivity index (χ0) is 25.5. The minimum atomic E-state index is -1.19. The van der Waals surface area contributed by atoms with Crippen LogP contribution in [-0.2, 0) is 30.3 Å². The molecular formula is C21H33N7O6. The lowest BCUT2D eigenvalue weighted by Gasteiger charge is -2.29. The number of nitrogens with two attached hydrogens (primary N) is 2. The molecule has 0 unspecified atom stereocenters. The predicted molar refractivity (Wildman–Crippen MR) is 120 cm³/mol. The van der Waals surface area contributed by atoms with Gasteiger partial charge in [-0.1, -0.05) is 0 Å². The van der Waals surface area contributed by atoms with Gasteiger partial charge in [-0.05, 0) is 40.0 Å². The molecule has 188 valence electrons. The zero-order valence-corrected chi connectivity index (χ0v) is 19.6. The van der Waals surface area contributed by atoms with Crippen LogP contribution in [0.1, 0.15) is 52.1 Å². The van der Waals surface area contributed by atoms with Crippen LogP contribution in [0, 0.1) is 0 Å². The van der Waals surface area contributed by atoms with Crippen molar-refractivity contribution >= 4 is 29.7 Å². The number of nitrogens with one attached hydrogen (secondary N) is 3. The number of rotatable bonds is 10. The monoisotopic (exact) mass is 479 g/mol. The fourth-order valence-corrected chi connectivity index (χ4v) is 3.62. The average Bonchev–Trinajstić information content (AvgIpc) is 3.40. The number of imidazole rings is 1. The van der Waals surface area contributed by atoms with E-state index in [-0.39, 0.29) is 19.3 Å². The molecule has 2 rings (SSSR count). The predicted octanol–water partition coefficient (Wildman–Crippen LogP) is -0.928. The molecule has 0 aromatic carbocycles. The lowest BCUT2D eigenvalue weighted by molar-refractivity contribution is -0.140. The summed E-state index contributed by atoms with van der Waals surface area (Å²) in [6.07, 6.45) is 2.90. The van der Waals surface area contributed by atoms with Crippen molar-refractivity contribution in [2.45, 2.75) is 76.6 Å². The van der Waals surface area contributed by atoms with Gasteiger partial charge in [0.2, 0.25) is 23.6 Å². The second-order valence-electron chi connectivity index (χ2n) is 9.14. The molecule has 5 amide bonds. The van der Waals surface area contributed by atoms with Gasteiger partial charge in [0.1, 0.15) is 23.7 Å². The summed E-state index contributed by atoms with van der Waals surface area (Å²) in [5.41, 5.74) is 10.4. The Kier molecular flexibility index (Phi) is 8.98. The third kappa shape index (κ3) is 8.05. The highest BCUT2D eigenvalue weighted by atomic mass is 16.6. The normalized spacial score (nSPS) is 17.5. The number of ether oxygens (including phenoxy) is 1. The van der Waals surface area contributed by atoms with Crippen LogP contribution in [0.5, 0.6) is 0 Å². The van der Waals surface area contributed by atoms with E-state index in [2.05, 4.69) is 20.6 Å². The Bertz CT molecular complexity index is 896. The summed E-state index contributed by atoms with van der Waals surface area (Å²) in [4.78, 5) is 69.9. The number of hydrogen-bond acceptors (Lipinski definition) is 7. The van der Waals surface area contributed by atoms with Crippen LogP contribution in [0.2, 0.25) is 0 Å². The lowest BCUT2D eigenvalue weighted by Crippen LogP contribution is -2.57. The van der Waals surface area contributed by atoms with Crippen molar-refractivity contribution < 1.29 is 28.7 Å². The molecule has 13 heteroatoms. The Hall–Kier alpha value is -3.64. The fourth-order valence-electron chi connectivity index (χ4n) is 3.62. The number of likely N-dealkylation sites (tertiary alicyclic amines) is 1. The average molecular weight is 480 g/mol. The quantitative estimate of drug-likeness (QED) is 0.285. The van der Waals surface area contributed by atoms with E-state index < -0.39 is 53.4 Å². The van der Waals surface area contributed by atoms with Crippen molar-refractivity contribution in [2.24, 2.45) is 11.5 Å². The van der Waals surface area contributed by atoms with Gasteiger partial charge in [0, 0.05) is 31.3 Å². The highest BCUT2D eigenvalue weighted by Crippen LogP contribution is 2.19. The molecule has 34 heavy (non-hydrogen) atoms. The number of nitrogens with zero attached hydrogens (tertiary/aromatic N) is 2. The fraction of sp³-hybridized carbons (Fsp3) is 0.619. The first-order valence-corrected chi connectivity index (χ1v) is 11.0. The number of carbonyl (C=O) groups is 5. The van der Waals surface area contributed by atoms with Crippen LogP contribution in [0.3, 0.4) is 0 Å². The standard InChI is InChI=1S/C21H33N7O6/c1-21(2,3)34-20(33)27-13(6-7-16(22)29)18(31)26-14(9-12-10-24-11-25-12)19(32)28-8-4-5-15(28)17(23)30/h10-11,13-15H,4-9H2,1-3H3,(H2,22,29)(H2,23,30)(H,24,25)(H,26,31)(H,27,33)/t13-,14-,15-/m0/s1. The number of amides is 5. The summed E-state index contributed by atoms with van der Waals surface area (Å²) in [6, 6.07) is -3.03. The van der Waals surface area contributed by atoms with Crippen LogP contribution in [0.4, 0.5) is 4.79 Å². The van der Waals surface area contributed by atoms with Crippen molar-refractivity contribution in [3.05, 3.63) is 18.2 Å². The van der Waals surface area contributed by atoms with Gasteiger partial charge in [-0.2, -0.15) is 0 Å². The first kappa shape index (κ1) is 26.6. The van der Waals surface area contributed by atoms with Gasteiger partial charge >= 0.3 is 6.09 Å². The van der Waals surface area contributed by atoms with Gasteiger partial charge in [0.05, 0.1) is 6.33 Å². The second-order valence-corrected chi connectivity index (χ2v) is 9.14. The maximum absolute atomic E-state index is 13.3. The molecule has 1 aliphatic heterocycles. The first-order chi connectivity index (χ1) is 15.9. The molecule has 0 bridgehead atoms. The molecule has 1 aromatic rings. The SMILES string of the molecule is CC(C)(C)OC(=O)N[C@@H](CCC(N)=O)C(=O)N[C@@H](Cc1cnc[nH]1)C(=O)N1CCC[C@H]1C(N)=O. The van der Waals surface area contributed by atoms with Crippen molar-refractivity contribution in [3.8, 4) is 0 Å². The molecule has 1 saturated heterocycles. The first-order valence-electron chi connectivity index (χ1n) is 11.0. The van der Waals surface area contributed by atoms with Crippen molar-refractivity contribution in [1.82, 2.24) is 25.5 Å². The summed E-state index contributed by atoms with van der Waals surface area (Å²) < 4.78 is 5.20. The molecule has 0 spiro atoms. The van der Waals surface area contributed by atoms with Crippen molar-refractivity contribution in [3.63, 3.8) is 0 Å². The zero-order valence-electron chi connectivity index (χ0n) is 19.6. The Balaban J connectivity index is 2.21. The molecule has 13 nitrogen and oxygen atoms in total. The maximum atomic E-state index is 13.3. The Morgan fingerprint density at radius 2 is 1.91 bits per heavy atom. The molecule has 7 N–H and O–H groups in total. The Morgan fingerprint density at radius 1 is 1.21 bits per heavy atom. The Morgan fingerprint density at radius 3 is 2.47 bits per heavy atom. The van der Waals surface area contributed by atoms with Crippen molar-refractivity contribution in [1.29, 1.82) is 0 Å².